The maximum absolute atomic E-state index is 12.1. The van der Waals surface area contributed by atoms with Crippen LogP contribution in [0.15, 0.2) is 39.7 Å². The van der Waals surface area contributed by atoms with Crippen LogP contribution in [0.5, 0.6) is 0 Å². The summed E-state index contributed by atoms with van der Waals surface area (Å²) in [6.45, 7) is 8.69. The molecule has 5 nitrogen and oxygen atoms in total. The molecule has 21 heavy (non-hydrogen) atoms. The molecule has 0 aromatic carbocycles. The van der Waals surface area contributed by atoms with E-state index < -0.39 is 0 Å². The van der Waals surface area contributed by atoms with Gasteiger partial charge in [0.25, 0.3) is 5.91 Å². The fraction of sp³-hybridized carbons (Fsp3) is 0.500. The van der Waals surface area contributed by atoms with E-state index in [1.54, 1.807) is 14.1 Å². The molecule has 2 rings (SSSR count). The third-order valence-corrected chi connectivity index (χ3v) is 4.68. The Bertz CT molecular complexity index is 608. The first-order valence-electron chi connectivity index (χ1n) is 7.07. The number of hydrogen-bond donors (Lipinski definition) is 1. The van der Waals surface area contributed by atoms with Gasteiger partial charge in [0.05, 0.1) is 5.57 Å². The summed E-state index contributed by atoms with van der Waals surface area (Å²) >= 11 is 0. The number of amides is 1. The number of amidine groups is 1. The van der Waals surface area contributed by atoms with Gasteiger partial charge in [-0.2, -0.15) is 0 Å². The van der Waals surface area contributed by atoms with Crippen molar-refractivity contribution in [1.29, 1.82) is 0 Å². The van der Waals surface area contributed by atoms with Gasteiger partial charge in [0.1, 0.15) is 0 Å². The van der Waals surface area contributed by atoms with Crippen molar-refractivity contribution < 1.29 is 4.79 Å². The molecule has 2 aliphatic rings. The van der Waals surface area contributed by atoms with Crippen LogP contribution in [0.25, 0.3) is 0 Å². The number of hydrogen-bond acceptors (Lipinski definition) is 3. The van der Waals surface area contributed by atoms with Gasteiger partial charge in [0.15, 0.2) is 5.84 Å². The molecule has 0 radical (unpaired) electrons. The first kappa shape index (κ1) is 15.4. The lowest BCUT2D eigenvalue weighted by atomic mass is 9.83. The molecule has 0 spiro atoms. The molecule has 114 valence electrons. The van der Waals surface area contributed by atoms with Gasteiger partial charge in [0.2, 0.25) is 0 Å². The molecule has 1 saturated heterocycles. The maximum Gasteiger partial charge on any atom is 0.275 e. The highest BCUT2D eigenvalue weighted by molar-refractivity contribution is 6.24. The van der Waals surface area contributed by atoms with Crippen LogP contribution in [0, 0.1) is 5.41 Å². The number of carbonyl (C=O) groups is 1. The number of nitrogens with zero attached hydrogens (tertiary/aromatic N) is 3. The smallest absolute Gasteiger partial charge is 0.275 e. The van der Waals surface area contributed by atoms with Crippen LogP contribution >= 0.6 is 0 Å². The molecule has 0 aliphatic carbocycles. The summed E-state index contributed by atoms with van der Waals surface area (Å²) in [5.74, 6) is 0.548. The van der Waals surface area contributed by atoms with Gasteiger partial charge < -0.3 is 4.90 Å². The molecular weight excluding hydrogens is 264 g/mol. The van der Waals surface area contributed by atoms with E-state index in [2.05, 4.69) is 50.1 Å². The fourth-order valence-electron chi connectivity index (χ4n) is 2.85. The van der Waals surface area contributed by atoms with Crippen molar-refractivity contribution in [2.24, 2.45) is 10.4 Å². The Hall–Kier alpha value is -2.04. The Morgan fingerprint density at radius 2 is 1.81 bits per heavy atom. The topological polar surface area (TPSA) is 47.9 Å². The molecule has 1 amide bonds. The van der Waals surface area contributed by atoms with Crippen molar-refractivity contribution in [2.45, 2.75) is 27.7 Å². The molecule has 1 N–H and O–H groups in total. The van der Waals surface area contributed by atoms with Gasteiger partial charge in [-0.15, -0.1) is 0 Å². The van der Waals surface area contributed by atoms with Gasteiger partial charge in [-0.1, -0.05) is 13.8 Å². The lowest BCUT2D eigenvalue weighted by Crippen LogP contribution is -2.31. The summed E-state index contributed by atoms with van der Waals surface area (Å²) in [5.41, 5.74) is 7.31. The largest absolute Gasteiger partial charge is 0.351 e. The standard InChI is InChI=1S/C16H24N4O/c1-10-11(2)19(6)13(16(10,3)4)9-8-12-14(17-5)18-20(7)15(12)21/h8-9H,1-7H3,(H,17,18)/b12-8+,13-9-. The minimum Gasteiger partial charge on any atom is -0.351 e. The molecule has 5 heteroatoms. The molecule has 0 atom stereocenters. The maximum atomic E-state index is 12.1. The third-order valence-electron chi connectivity index (χ3n) is 4.68. The Morgan fingerprint density at radius 1 is 1.19 bits per heavy atom. The first-order valence-corrected chi connectivity index (χ1v) is 7.07. The van der Waals surface area contributed by atoms with Crippen LogP contribution in [-0.4, -0.2) is 42.8 Å². The van der Waals surface area contributed by atoms with Gasteiger partial charge in [-0.25, -0.2) is 0 Å². The molecule has 0 saturated carbocycles. The van der Waals surface area contributed by atoms with E-state index in [1.807, 2.05) is 12.2 Å². The lowest BCUT2D eigenvalue weighted by molar-refractivity contribution is -0.125. The van der Waals surface area contributed by atoms with E-state index >= 15 is 0 Å². The summed E-state index contributed by atoms with van der Waals surface area (Å²) in [6, 6.07) is 0. The average Bonchev–Trinajstić information content (AvgIpc) is 2.78. The zero-order valence-corrected chi connectivity index (χ0v) is 13.9. The predicted octanol–water partition coefficient (Wildman–Crippen LogP) is 2.07. The second-order valence-electron chi connectivity index (χ2n) is 6.07. The summed E-state index contributed by atoms with van der Waals surface area (Å²) in [5, 5.41) is 1.45. The number of likely N-dealkylation sites (N-methyl/N-ethyl adjacent to an activating group) is 1. The molecule has 0 unspecified atom stereocenters. The van der Waals surface area contributed by atoms with Crippen LogP contribution < -0.4 is 5.43 Å². The number of hydrazine groups is 1. The quantitative estimate of drug-likeness (QED) is 0.751. The van der Waals surface area contributed by atoms with Crippen LogP contribution in [0.3, 0.4) is 0 Å². The molecule has 2 heterocycles. The fourth-order valence-corrected chi connectivity index (χ4v) is 2.85. The number of aliphatic imine (C=N–C) groups is 1. The van der Waals surface area contributed by atoms with Gasteiger partial charge in [0, 0.05) is 38.0 Å². The van der Waals surface area contributed by atoms with Crippen molar-refractivity contribution in [3.05, 3.63) is 34.7 Å². The second kappa shape index (κ2) is 5.06. The monoisotopic (exact) mass is 288 g/mol. The van der Waals surface area contributed by atoms with Gasteiger partial charge in [-0.3, -0.25) is 20.2 Å². The van der Waals surface area contributed by atoms with Crippen molar-refractivity contribution in [3.8, 4) is 0 Å². The summed E-state index contributed by atoms with van der Waals surface area (Å²) < 4.78 is 0. The molecule has 0 aromatic rings. The second-order valence-corrected chi connectivity index (χ2v) is 6.07. The third kappa shape index (κ3) is 2.26. The first-order chi connectivity index (χ1) is 9.71. The van der Waals surface area contributed by atoms with E-state index in [0.717, 1.165) is 0 Å². The van der Waals surface area contributed by atoms with Gasteiger partial charge in [-0.05, 0) is 31.6 Å². The molecule has 0 bridgehead atoms. The van der Waals surface area contributed by atoms with E-state index in [-0.39, 0.29) is 11.3 Å². The summed E-state index contributed by atoms with van der Waals surface area (Å²) in [7, 11) is 5.44. The predicted molar refractivity (Wildman–Crippen MR) is 85.3 cm³/mol. The highest BCUT2D eigenvalue weighted by Gasteiger charge is 2.36. The Labute approximate surface area is 126 Å². The minimum atomic E-state index is -0.0627. The van der Waals surface area contributed by atoms with E-state index in [1.165, 1.54) is 22.0 Å². The summed E-state index contributed by atoms with van der Waals surface area (Å²) in [4.78, 5) is 18.4. The minimum absolute atomic E-state index is 0.0274. The molecule has 0 aromatic heterocycles. The van der Waals surface area contributed by atoms with E-state index in [4.69, 9.17) is 0 Å². The normalized spacial score (nSPS) is 27.6. The Kier molecular flexibility index (Phi) is 3.70. The van der Waals surface area contributed by atoms with Crippen LogP contribution in [-0.2, 0) is 4.79 Å². The zero-order valence-electron chi connectivity index (χ0n) is 13.9. The zero-order chi connectivity index (χ0) is 15.9. The Balaban J connectivity index is 2.42. The lowest BCUT2D eigenvalue weighted by Gasteiger charge is -2.25. The van der Waals surface area contributed by atoms with Gasteiger partial charge >= 0.3 is 0 Å². The number of allylic oxidation sites excluding steroid dienone is 4. The van der Waals surface area contributed by atoms with Crippen LogP contribution in [0.4, 0.5) is 0 Å². The Morgan fingerprint density at radius 3 is 2.29 bits per heavy atom. The SMILES string of the molecule is CN=C1NN(C)C(=O)/C1=C/C=C1\N(C)C(C)=C(C)C1(C)C. The average molecular weight is 288 g/mol. The molecule has 2 aliphatic heterocycles. The van der Waals surface area contributed by atoms with Crippen LogP contribution in [0.2, 0.25) is 0 Å². The highest BCUT2D eigenvalue weighted by atomic mass is 16.2. The van der Waals surface area contributed by atoms with Crippen molar-refractivity contribution in [1.82, 2.24) is 15.3 Å². The van der Waals surface area contributed by atoms with Crippen molar-refractivity contribution in [2.75, 3.05) is 21.1 Å². The number of nitrogens with one attached hydrogen (secondary N) is 1. The highest BCUT2D eigenvalue weighted by Crippen LogP contribution is 2.45. The molecular formula is C16H24N4O. The van der Waals surface area contributed by atoms with E-state index in [9.17, 15) is 4.79 Å². The number of carbonyl (C=O) groups excluding carboxylic acids is 1. The number of rotatable bonds is 1. The summed E-state index contributed by atoms with van der Waals surface area (Å²) in [6.07, 6.45) is 3.89. The molecule has 1 fully saturated rings. The van der Waals surface area contributed by atoms with E-state index in [0.29, 0.717) is 11.4 Å². The van der Waals surface area contributed by atoms with Crippen molar-refractivity contribution in [3.63, 3.8) is 0 Å². The van der Waals surface area contributed by atoms with Crippen molar-refractivity contribution >= 4 is 11.7 Å². The van der Waals surface area contributed by atoms with Crippen LogP contribution in [0.1, 0.15) is 27.7 Å².